The van der Waals surface area contributed by atoms with E-state index in [-0.39, 0.29) is 17.3 Å². The first-order valence-electron chi connectivity index (χ1n) is 10.7. The van der Waals surface area contributed by atoms with E-state index in [0.717, 1.165) is 13.1 Å². The summed E-state index contributed by atoms with van der Waals surface area (Å²) in [5, 5.41) is 15.4. The van der Waals surface area contributed by atoms with Gasteiger partial charge >= 0.3 is 6.09 Å². The number of rotatable bonds is 4. The maximum atomic E-state index is 13.3. The fraction of sp³-hybridized carbons (Fsp3) is 0.810. The predicted octanol–water partition coefficient (Wildman–Crippen LogP) is 0.940. The van der Waals surface area contributed by atoms with Gasteiger partial charge in [-0.3, -0.25) is 10.1 Å². The number of hydrogen-bond donors (Lipinski definition) is 2. The number of carbonyl (C=O) groups is 2. The Morgan fingerprint density at radius 3 is 2.35 bits per heavy atom. The van der Waals surface area contributed by atoms with Crippen molar-refractivity contribution in [2.24, 2.45) is 10.4 Å². The first kappa shape index (κ1) is 24.9. The van der Waals surface area contributed by atoms with Gasteiger partial charge in [-0.25, -0.2) is 9.79 Å². The van der Waals surface area contributed by atoms with E-state index in [1.54, 1.807) is 0 Å². The van der Waals surface area contributed by atoms with Crippen LogP contribution in [0, 0.1) is 16.7 Å². The number of morpholine rings is 1. The fourth-order valence-electron chi connectivity index (χ4n) is 3.62. The Bertz CT molecular complexity index is 698. The molecular weight excluding hydrogens is 400 g/mol. The highest BCUT2D eigenvalue weighted by atomic mass is 16.5. The monoisotopic (exact) mass is 436 g/mol. The number of ether oxygens (including phenoxy) is 2. The molecule has 174 valence electrons. The third-order valence-electron chi connectivity index (χ3n) is 5.51. The third-order valence-corrected chi connectivity index (χ3v) is 5.51. The lowest BCUT2D eigenvalue weighted by Gasteiger charge is -2.37. The van der Waals surface area contributed by atoms with Crippen molar-refractivity contribution in [3.8, 4) is 6.07 Å². The zero-order valence-corrected chi connectivity index (χ0v) is 19.4. The molecule has 0 unspecified atom stereocenters. The Kier molecular flexibility index (Phi) is 8.65. The molecular formula is C21H36N6O4. The molecule has 31 heavy (non-hydrogen) atoms. The summed E-state index contributed by atoms with van der Waals surface area (Å²) in [6, 6.07) is 1.56. The van der Waals surface area contributed by atoms with Crippen molar-refractivity contribution in [3.05, 3.63) is 0 Å². The molecule has 1 atom stereocenters. The molecule has 0 saturated carbocycles. The fourth-order valence-corrected chi connectivity index (χ4v) is 3.62. The molecule has 0 spiro atoms. The van der Waals surface area contributed by atoms with Gasteiger partial charge in [0, 0.05) is 26.2 Å². The van der Waals surface area contributed by atoms with Crippen LogP contribution in [0.5, 0.6) is 0 Å². The van der Waals surface area contributed by atoms with Gasteiger partial charge in [0.05, 0.1) is 26.4 Å². The topological polar surface area (TPSA) is 119 Å². The molecule has 0 radical (unpaired) electrons. The van der Waals surface area contributed by atoms with Gasteiger partial charge in [-0.2, -0.15) is 5.26 Å². The van der Waals surface area contributed by atoms with E-state index >= 15 is 0 Å². The molecule has 2 fully saturated rings. The van der Waals surface area contributed by atoms with Crippen molar-refractivity contribution >= 4 is 18.0 Å². The van der Waals surface area contributed by atoms with Gasteiger partial charge in [-0.15, -0.1) is 0 Å². The minimum atomic E-state index is -0.899. The molecule has 0 aliphatic carbocycles. The van der Waals surface area contributed by atoms with E-state index in [4.69, 9.17) is 9.47 Å². The van der Waals surface area contributed by atoms with Crippen LogP contribution in [-0.4, -0.2) is 92.9 Å². The number of amides is 2. The normalized spacial score (nSPS) is 21.0. The number of likely N-dealkylation sites (tertiary alicyclic amines) is 1. The molecule has 2 saturated heterocycles. The third kappa shape index (κ3) is 7.67. The molecule has 2 aliphatic heterocycles. The number of methoxy groups -OCH3 is 1. The highest BCUT2D eigenvalue weighted by Gasteiger charge is 2.38. The number of nitrogens with one attached hydrogen (secondary N) is 2. The van der Waals surface area contributed by atoms with Gasteiger partial charge in [0.15, 0.2) is 0 Å². The highest BCUT2D eigenvalue weighted by molar-refractivity contribution is 5.96. The maximum absolute atomic E-state index is 13.3. The van der Waals surface area contributed by atoms with Crippen LogP contribution < -0.4 is 10.6 Å². The van der Waals surface area contributed by atoms with E-state index in [0.29, 0.717) is 45.6 Å². The van der Waals surface area contributed by atoms with E-state index in [9.17, 15) is 14.9 Å². The first-order chi connectivity index (χ1) is 14.6. The number of piperidine rings is 1. The minimum absolute atomic E-state index is 0.195. The summed E-state index contributed by atoms with van der Waals surface area (Å²) in [7, 11) is 3.28. The Balaban J connectivity index is 2.29. The van der Waals surface area contributed by atoms with Crippen molar-refractivity contribution < 1.29 is 19.1 Å². The predicted molar refractivity (Wildman–Crippen MR) is 116 cm³/mol. The van der Waals surface area contributed by atoms with Gasteiger partial charge < -0.3 is 24.6 Å². The van der Waals surface area contributed by atoms with Crippen LogP contribution in [0.4, 0.5) is 4.79 Å². The van der Waals surface area contributed by atoms with Crippen LogP contribution >= 0.6 is 0 Å². The molecule has 10 heteroatoms. The van der Waals surface area contributed by atoms with E-state index < -0.39 is 17.7 Å². The van der Waals surface area contributed by atoms with Gasteiger partial charge in [-0.1, -0.05) is 20.8 Å². The Morgan fingerprint density at radius 2 is 1.84 bits per heavy atom. The molecule has 0 bridgehead atoms. The van der Waals surface area contributed by atoms with Crippen molar-refractivity contribution in [2.45, 2.75) is 51.6 Å². The summed E-state index contributed by atoms with van der Waals surface area (Å²) in [6.07, 6.45) is 0.934. The van der Waals surface area contributed by atoms with Crippen molar-refractivity contribution in [1.29, 1.82) is 5.26 Å². The van der Waals surface area contributed by atoms with Crippen molar-refractivity contribution in [1.82, 2.24) is 20.4 Å². The molecule has 0 aromatic carbocycles. The van der Waals surface area contributed by atoms with Crippen LogP contribution in [0.2, 0.25) is 0 Å². The quantitative estimate of drug-likeness (QED) is 0.497. The summed E-state index contributed by atoms with van der Waals surface area (Å²) in [5.74, 6) is -0.0209. The lowest BCUT2D eigenvalue weighted by Crippen LogP contribution is -2.56. The number of carbonyl (C=O) groups excluding carboxylic acids is 2. The number of alkyl carbamates (subject to hydrolysis) is 1. The molecule has 0 aromatic heterocycles. The van der Waals surface area contributed by atoms with Crippen LogP contribution in [0.3, 0.4) is 0 Å². The minimum Gasteiger partial charge on any atom is -0.453 e. The summed E-state index contributed by atoms with van der Waals surface area (Å²) in [5.41, 5.74) is -1.09. The molecule has 2 amide bonds. The first-order valence-corrected chi connectivity index (χ1v) is 10.7. The molecule has 2 rings (SSSR count). The summed E-state index contributed by atoms with van der Waals surface area (Å²) >= 11 is 0. The second-order valence-corrected chi connectivity index (χ2v) is 9.44. The summed E-state index contributed by atoms with van der Waals surface area (Å²) in [4.78, 5) is 33.9. The van der Waals surface area contributed by atoms with Gasteiger partial charge in [0.25, 0.3) is 0 Å². The largest absolute Gasteiger partial charge is 0.453 e. The van der Waals surface area contributed by atoms with Gasteiger partial charge in [0.1, 0.15) is 11.6 Å². The van der Waals surface area contributed by atoms with Gasteiger partial charge in [0.2, 0.25) is 11.9 Å². The lowest BCUT2D eigenvalue weighted by molar-refractivity contribution is -0.124. The Morgan fingerprint density at radius 1 is 1.23 bits per heavy atom. The lowest BCUT2D eigenvalue weighted by atomic mass is 9.86. The van der Waals surface area contributed by atoms with Gasteiger partial charge in [-0.05, 0) is 31.7 Å². The molecule has 10 nitrogen and oxygen atoms in total. The van der Waals surface area contributed by atoms with Crippen LogP contribution in [0.25, 0.3) is 0 Å². The van der Waals surface area contributed by atoms with E-state index in [2.05, 4.69) is 26.6 Å². The second-order valence-electron chi connectivity index (χ2n) is 9.44. The number of hydrogen-bond acceptors (Lipinski definition) is 7. The average Bonchev–Trinajstić information content (AvgIpc) is 2.74. The number of nitrogens with zero attached hydrogens (tertiary/aromatic N) is 4. The summed E-state index contributed by atoms with van der Waals surface area (Å²) < 4.78 is 10.1. The average molecular weight is 437 g/mol. The van der Waals surface area contributed by atoms with Crippen LogP contribution in [-0.2, 0) is 14.3 Å². The highest BCUT2D eigenvalue weighted by Crippen LogP contribution is 2.25. The SMILES string of the molecule is COC(=O)NC(=N[C@@H](CC(C)(C)C)C(=O)NC1(C#N)CCN(C)CC1)N1CCOCC1. The number of nitriles is 1. The van der Waals surface area contributed by atoms with E-state index in [1.165, 1.54) is 7.11 Å². The molecule has 2 aliphatic rings. The maximum Gasteiger partial charge on any atom is 0.413 e. The molecule has 0 aromatic rings. The number of aliphatic imine (C=N–C) groups is 1. The van der Waals surface area contributed by atoms with Crippen molar-refractivity contribution in [3.63, 3.8) is 0 Å². The Labute approximate surface area is 184 Å². The zero-order chi connectivity index (χ0) is 23.1. The van der Waals surface area contributed by atoms with Crippen LogP contribution in [0.15, 0.2) is 4.99 Å². The molecule has 2 heterocycles. The van der Waals surface area contributed by atoms with Crippen molar-refractivity contribution in [2.75, 3.05) is 53.6 Å². The smallest absolute Gasteiger partial charge is 0.413 e. The zero-order valence-electron chi connectivity index (χ0n) is 19.4. The van der Waals surface area contributed by atoms with Crippen LogP contribution in [0.1, 0.15) is 40.0 Å². The second kappa shape index (κ2) is 10.8. The van der Waals surface area contributed by atoms with E-state index in [1.807, 2.05) is 32.7 Å². The summed E-state index contributed by atoms with van der Waals surface area (Å²) in [6.45, 7) is 9.66. The Hall–Kier alpha value is -2.38. The standard InChI is InChI=1S/C21H36N6O4/c1-20(2,3)14-16(17(28)25-21(15-22)6-8-26(4)9-7-21)23-18(24-19(29)30-5)27-10-12-31-13-11-27/h16H,6-14H2,1-5H3,(H,25,28)(H,23,24,29)/t16-/m0/s1. The number of guanidine groups is 1. The molecule has 2 N–H and O–H groups in total.